The quantitative estimate of drug-likeness (QED) is 0.173. The summed E-state index contributed by atoms with van der Waals surface area (Å²) in [5.41, 5.74) is -0.941. The fraction of sp³-hybridized carbons (Fsp3) is 0.474. The van der Waals surface area contributed by atoms with Crippen LogP contribution in [0, 0.1) is 0 Å². The van der Waals surface area contributed by atoms with Crippen molar-refractivity contribution >= 4 is 47.1 Å². The third kappa shape index (κ3) is 8.89. The Labute approximate surface area is 182 Å². The highest BCUT2D eigenvalue weighted by molar-refractivity contribution is 14.0. The molecule has 0 radical (unpaired) electrons. The van der Waals surface area contributed by atoms with Gasteiger partial charge in [-0.05, 0) is 50.3 Å². The van der Waals surface area contributed by atoms with Gasteiger partial charge in [-0.15, -0.1) is 35.3 Å². The molecule has 4 N–H and O–H groups in total. The lowest BCUT2D eigenvalue weighted by molar-refractivity contribution is 0.0711. The average molecular weight is 503 g/mol. The number of aromatic nitrogens is 1. The van der Waals surface area contributed by atoms with Crippen LogP contribution < -0.4 is 16.0 Å². The molecule has 8 heteroatoms. The van der Waals surface area contributed by atoms with E-state index in [1.165, 1.54) is 0 Å². The first-order chi connectivity index (χ1) is 12.6. The number of pyridine rings is 1. The van der Waals surface area contributed by atoms with Crippen LogP contribution in [0.2, 0.25) is 0 Å². The van der Waals surface area contributed by atoms with E-state index in [2.05, 4.69) is 25.9 Å². The number of nitrogens with one attached hydrogen (secondary N) is 3. The van der Waals surface area contributed by atoms with Crippen LogP contribution in [0.3, 0.4) is 0 Å². The fourth-order valence-corrected chi connectivity index (χ4v) is 3.16. The van der Waals surface area contributed by atoms with Gasteiger partial charge in [-0.3, -0.25) is 0 Å². The molecule has 0 aliphatic carbocycles. The molecule has 0 aliphatic heterocycles. The number of unbranched alkanes of at least 4 members (excludes halogenated alkanes) is 1. The van der Waals surface area contributed by atoms with E-state index in [1.54, 1.807) is 24.5 Å². The van der Waals surface area contributed by atoms with Gasteiger partial charge >= 0.3 is 0 Å². The molecule has 1 unspecified atom stereocenters. The topological polar surface area (TPSA) is 81.6 Å². The van der Waals surface area contributed by atoms with Crippen LogP contribution in [-0.4, -0.2) is 42.2 Å². The molecule has 2 aromatic rings. The number of anilines is 1. The minimum Gasteiger partial charge on any atom is -0.383 e. The number of thiophene rings is 1. The molecule has 27 heavy (non-hydrogen) atoms. The largest absolute Gasteiger partial charge is 0.383 e. The van der Waals surface area contributed by atoms with Gasteiger partial charge in [0.05, 0.1) is 6.54 Å². The number of hydrogen-bond acceptors (Lipinski definition) is 5. The predicted molar refractivity (Wildman–Crippen MR) is 125 cm³/mol. The lowest BCUT2D eigenvalue weighted by Crippen LogP contribution is -2.39. The van der Waals surface area contributed by atoms with E-state index in [9.17, 15) is 5.11 Å². The summed E-state index contributed by atoms with van der Waals surface area (Å²) in [5, 5.41) is 22.4. The second kappa shape index (κ2) is 12.9. The monoisotopic (exact) mass is 503 g/mol. The van der Waals surface area contributed by atoms with Crippen molar-refractivity contribution in [1.29, 1.82) is 0 Å². The van der Waals surface area contributed by atoms with Crippen LogP contribution in [0.4, 0.5) is 5.82 Å². The lowest BCUT2D eigenvalue weighted by atomic mass is 10.1. The van der Waals surface area contributed by atoms with Crippen LogP contribution in [-0.2, 0) is 5.60 Å². The van der Waals surface area contributed by atoms with Crippen molar-refractivity contribution in [3.8, 4) is 0 Å². The number of rotatable bonds is 10. The molecule has 0 amide bonds. The minimum absolute atomic E-state index is 0. The Hall–Kier alpha value is -1.39. The highest BCUT2D eigenvalue weighted by atomic mass is 127. The third-order valence-electron chi connectivity index (χ3n) is 3.81. The molecule has 2 rings (SSSR count). The minimum atomic E-state index is -0.941. The Bertz CT molecular complexity index is 649. The molecule has 2 aromatic heterocycles. The summed E-state index contributed by atoms with van der Waals surface area (Å²) in [7, 11) is 0. The van der Waals surface area contributed by atoms with Crippen molar-refractivity contribution in [2.24, 2.45) is 4.99 Å². The van der Waals surface area contributed by atoms with E-state index in [0.29, 0.717) is 6.54 Å². The van der Waals surface area contributed by atoms with E-state index in [-0.39, 0.29) is 24.0 Å². The second-order valence-electron chi connectivity index (χ2n) is 6.22. The maximum absolute atomic E-state index is 10.6. The first kappa shape index (κ1) is 23.6. The van der Waals surface area contributed by atoms with Crippen molar-refractivity contribution in [2.45, 2.75) is 32.3 Å². The molecule has 6 nitrogen and oxygen atoms in total. The van der Waals surface area contributed by atoms with Gasteiger partial charge in [-0.25, -0.2) is 9.98 Å². The van der Waals surface area contributed by atoms with Crippen molar-refractivity contribution in [1.82, 2.24) is 15.6 Å². The smallest absolute Gasteiger partial charge is 0.191 e. The van der Waals surface area contributed by atoms with Crippen molar-refractivity contribution < 1.29 is 5.11 Å². The van der Waals surface area contributed by atoms with Crippen molar-refractivity contribution in [2.75, 3.05) is 31.5 Å². The van der Waals surface area contributed by atoms with Crippen LogP contribution in [0.15, 0.2) is 46.9 Å². The summed E-state index contributed by atoms with van der Waals surface area (Å²) in [5.74, 6) is 1.65. The third-order valence-corrected chi connectivity index (χ3v) is 4.93. The van der Waals surface area contributed by atoms with Gasteiger partial charge in [0, 0.05) is 30.7 Å². The Morgan fingerprint density at radius 1 is 1.19 bits per heavy atom. The molecule has 1 atom stereocenters. The number of nitrogens with zero attached hydrogens (tertiary/aromatic N) is 2. The maximum atomic E-state index is 10.6. The average Bonchev–Trinajstić information content (AvgIpc) is 3.19. The van der Waals surface area contributed by atoms with E-state index in [1.807, 2.05) is 42.6 Å². The number of aliphatic hydroxyl groups is 1. The first-order valence-corrected chi connectivity index (χ1v) is 9.93. The highest BCUT2D eigenvalue weighted by Gasteiger charge is 2.23. The number of hydrogen-bond donors (Lipinski definition) is 4. The summed E-state index contributed by atoms with van der Waals surface area (Å²) in [6.45, 7) is 6.66. The van der Waals surface area contributed by atoms with Crippen LogP contribution in [0.1, 0.15) is 31.6 Å². The zero-order chi connectivity index (χ0) is 18.7. The predicted octanol–water partition coefficient (Wildman–Crippen LogP) is 3.42. The Balaban J connectivity index is 0.00000364. The normalized spacial score (nSPS) is 13.4. The van der Waals surface area contributed by atoms with E-state index >= 15 is 0 Å². The second-order valence-corrected chi connectivity index (χ2v) is 7.17. The Kier molecular flexibility index (Phi) is 11.3. The zero-order valence-corrected chi connectivity index (χ0v) is 19.1. The fourth-order valence-electron chi connectivity index (χ4n) is 2.38. The van der Waals surface area contributed by atoms with Gasteiger partial charge in [0.2, 0.25) is 0 Å². The van der Waals surface area contributed by atoms with Crippen LogP contribution in [0.25, 0.3) is 0 Å². The Morgan fingerprint density at radius 2 is 2.00 bits per heavy atom. The van der Waals surface area contributed by atoms with Gasteiger partial charge in [-0.1, -0.05) is 12.1 Å². The molecule has 0 fully saturated rings. The molecule has 0 saturated heterocycles. The van der Waals surface area contributed by atoms with Crippen LogP contribution in [0.5, 0.6) is 0 Å². The maximum Gasteiger partial charge on any atom is 0.191 e. The summed E-state index contributed by atoms with van der Waals surface area (Å²) in [6.07, 6.45) is 3.84. The van der Waals surface area contributed by atoms with E-state index < -0.39 is 5.60 Å². The summed E-state index contributed by atoms with van der Waals surface area (Å²) in [4.78, 5) is 9.70. The molecule has 150 valence electrons. The molecule has 2 heterocycles. The SMILES string of the molecule is CCNC(=NCC(C)(O)c1cccs1)NCCCCNc1ccccn1.I. The van der Waals surface area contributed by atoms with Crippen LogP contribution >= 0.6 is 35.3 Å². The highest BCUT2D eigenvalue weighted by Crippen LogP contribution is 2.25. The van der Waals surface area contributed by atoms with Gasteiger partial charge in [0.1, 0.15) is 11.4 Å². The molecule has 0 aromatic carbocycles. The summed E-state index contributed by atoms with van der Waals surface area (Å²) in [6, 6.07) is 9.73. The molecule has 0 bridgehead atoms. The Morgan fingerprint density at radius 3 is 2.67 bits per heavy atom. The molecule has 0 aliphatic rings. The summed E-state index contributed by atoms with van der Waals surface area (Å²) >= 11 is 1.55. The standard InChI is InChI=1S/C19H29N5OS.HI/c1-3-20-18(24-15-19(2,25)16-9-8-14-26-16)23-13-7-6-12-22-17-10-4-5-11-21-17;/h4-5,8-11,14,25H,3,6-7,12-13,15H2,1-2H3,(H,21,22)(H2,20,23,24);1H. The first-order valence-electron chi connectivity index (χ1n) is 9.05. The lowest BCUT2D eigenvalue weighted by Gasteiger charge is -2.20. The van der Waals surface area contributed by atoms with Crippen molar-refractivity contribution in [3.63, 3.8) is 0 Å². The van der Waals surface area contributed by atoms with Gasteiger partial charge in [0.15, 0.2) is 5.96 Å². The van der Waals surface area contributed by atoms with Crippen molar-refractivity contribution in [3.05, 3.63) is 46.8 Å². The number of guanidine groups is 1. The number of halogens is 1. The zero-order valence-electron chi connectivity index (χ0n) is 15.9. The van der Waals surface area contributed by atoms with Gasteiger partial charge in [-0.2, -0.15) is 0 Å². The summed E-state index contributed by atoms with van der Waals surface area (Å²) < 4.78 is 0. The molecule has 0 spiro atoms. The van der Waals surface area contributed by atoms with E-state index in [0.717, 1.165) is 49.1 Å². The van der Waals surface area contributed by atoms with E-state index in [4.69, 9.17) is 0 Å². The molecular weight excluding hydrogens is 473 g/mol. The molecular formula is C19H30IN5OS. The van der Waals surface area contributed by atoms with Gasteiger partial charge in [0.25, 0.3) is 0 Å². The van der Waals surface area contributed by atoms with Gasteiger partial charge < -0.3 is 21.1 Å². The number of aliphatic imine (C=N–C) groups is 1. The molecule has 0 saturated carbocycles.